The zero-order valence-electron chi connectivity index (χ0n) is 13.9. The number of hydrogen-bond acceptors (Lipinski definition) is 10. The van der Waals surface area contributed by atoms with Crippen molar-refractivity contribution in [1.82, 2.24) is 0 Å². The number of nitrogens with two attached hydrogens (primary N) is 2. The van der Waals surface area contributed by atoms with E-state index in [1.165, 1.54) is 0 Å². The van der Waals surface area contributed by atoms with Crippen LogP contribution in [-0.4, -0.2) is 37.0 Å². The van der Waals surface area contributed by atoms with Crippen molar-refractivity contribution in [2.24, 2.45) is 11.5 Å². The maximum absolute atomic E-state index is 8.89. The van der Waals surface area contributed by atoms with Crippen LogP contribution in [0.2, 0.25) is 0 Å². The van der Waals surface area contributed by atoms with E-state index >= 15 is 0 Å². The van der Waals surface area contributed by atoms with Crippen molar-refractivity contribution >= 4 is 23.9 Å². The summed E-state index contributed by atoms with van der Waals surface area (Å²) in [6.45, 7) is 5.33. The van der Waals surface area contributed by atoms with Crippen molar-refractivity contribution in [3.8, 4) is 0 Å². The van der Waals surface area contributed by atoms with Crippen LogP contribution in [0.15, 0.2) is 0 Å². The van der Waals surface area contributed by atoms with Gasteiger partial charge in [0.15, 0.2) is 0 Å². The molecule has 4 N–H and O–H groups in total. The number of aliphatic carboxylic acids is 4. The largest absolute Gasteiger partial charge is 3.00 e. The summed E-state index contributed by atoms with van der Waals surface area (Å²) in [7, 11) is 0. The molecule has 12 heteroatoms. The van der Waals surface area contributed by atoms with Crippen LogP contribution in [0.3, 0.4) is 0 Å². The number of hydrogen-bond donors (Lipinski definition) is 2. The molecule has 0 aliphatic heterocycles. The van der Waals surface area contributed by atoms with Crippen molar-refractivity contribution < 1.29 is 108 Å². The van der Waals surface area contributed by atoms with Crippen LogP contribution in [0.5, 0.6) is 0 Å². The van der Waals surface area contributed by atoms with Gasteiger partial charge in [-0.3, -0.25) is 0 Å². The third-order valence-electron chi connectivity index (χ3n) is 0.408. The summed E-state index contributed by atoms with van der Waals surface area (Å²) in [5.74, 6) is -4.33. The summed E-state index contributed by atoms with van der Waals surface area (Å²) in [5, 5.41) is 35.6. The minimum atomic E-state index is -1.08. The molecule has 10 nitrogen and oxygen atoms in total. The molecule has 0 rings (SSSR count). The molecule has 133 valence electrons. The Hall–Kier alpha value is -0.0442. The number of carbonyl (C=O) groups excluding carboxylic acids is 4. The van der Waals surface area contributed by atoms with Gasteiger partial charge in [0.25, 0.3) is 0 Å². The monoisotopic (exact) mass is 405 g/mol. The zero-order valence-corrected chi connectivity index (χ0v) is 18.1. The van der Waals surface area contributed by atoms with Gasteiger partial charge in [-0.1, -0.05) is 0 Å². The second-order valence-corrected chi connectivity index (χ2v) is 2.90. The molecule has 0 aliphatic carbocycles. The molecule has 0 aliphatic rings. The summed E-state index contributed by atoms with van der Waals surface area (Å²) in [4.78, 5) is 35.6. The molecular weight excluding hydrogens is 383 g/mol. The van der Waals surface area contributed by atoms with Crippen LogP contribution >= 0.6 is 0 Å². The second-order valence-electron chi connectivity index (χ2n) is 2.90. The van der Waals surface area contributed by atoms with Crippen LogP contribution in [0.4, 0.5) is 0 Å². The van der Waals surface area contributed by atoms with Crippen molar-refractivity contribution in [2.45, 2.75) is 34.1 Å². The molecule has 0 bridgehead atoms. The average molecular weight is 405 g/mol. The van der Waals surface area contributed by atoms with E-state index < -0.39 is 23.9 Å². The smallest absolute Gasteiger partial charge is 0.550 e. The summed E-state index contributed by atoms with van der Waals surface area (Å²) in [5.41, 5.74) is 10.1. The van der Waals surface area contributed by atoms with Crippen LogP contribution in [0.1, 0.15) is 34.1 Å². The van der Waals surface area contributed by atoms with Gasteiger partial charge in [-0.25, -0.2) is 0 Å². The number of rotatable bonds is 2. The Balaban J connectivity index is -0.0000000273. The van der Waals surface area contributed by atoms with Gasteiger partial charge in [-0.15, -0.1) is 0 Å². The van der Waals surface area contributed by atoms with E-state index in [-0.39, 0.29) is 68.5 Å². The van der Waals surface area contributed by atoms with Gasteiger partial charge in [0, 0.05) is 23.9 Å². The fraction of sp³-hybridized carbons (Fsp3) is 0.636. The van der Waals surface area contributed by atoms with Gasteiger partial charge in [0.1, 0.15) is 0 Å². The Morgan fingerprint density at radius 3 is 0.739 bits per heavy atom. The van der Waals surface area contributed by atoms with Crippen LogP contribution in [-0.2, 0) is 36.2 Å². The van der Waals surface area contributed by atoms with E-state index in [1.807, 2.05) is 0 Å². The van der Waals surface area contributed by atoms with Crippen molar-refractivity contribution in [2.75, 3.05) is 13.1 Å². The second kappa shape index (κ2) is 43.1. The first kappa shape index (κ1) is 43.5. The molecule has 23 heavy (non-hydrogen) atoms. The quantitative estimate of drug-likeness (QED) is 0.414. The maximum atomic E-state index is 8.89. The molecule has 0 unspecified atom stereocenters. The Morgan fingerprint density at radius 2 is 0.739 bits per heavy atom. The van der Waals surface area contributed by atoms with Crippen molar-refractivity contribution in [3.05, 3.63) is 0 Å². The standard InChI is InChI=1S/C3H10N2.4C2H4O2.Fe.K/c4-2-1-3-5;4*1-2(3)4;;/h1-5H2;4*1H3,(H,3,4);;/q;;;;;+3;+1/p-4. The molecule has 0 amide bonds. The maximum Gasteiger partial charge on any atom is 3.00 e. The average Bonchev–Trinajstić information content (AvgIpc) is 2.14. The zero-order chi connectivity index (χ0) is 18.4. The molecule has 1 radical (unpaired) electrons. The first-order chi connectivity index (χ1) is 9.34. The number of carboxylic acid groups (broad SMARTS) is 4. The fourth-order valence-corrected chi connectivity index (χ4v) is 0.118. The van der Waals surface area contributed by atoms with Gasteiger partial charge in [0.2, 0.25) is 0 Å². The van der Waals surface area contributed by atoms with E-state index in [1.54, 1.807) is 0 Å². The Morgan fingerprint density at radius 1 is 0.652 bits per heavy atom. The van der Waals surface area contributed by atoms with Crippen molar-refractivity contribution in [1.29, 1.82) is 0 Å². The summed E-state index contributed by atoms with van der Waals surface area (Å²) in [6, 6.07) is 0. The molecule has 0 saturated carbocycles. The van der Waals surface area contributed by atoms with E-state index in [0.717, 1.165) is 47.2 Å². The molecule has 0 fully saturated rings. The van der Waals surface area contributed by atoms with Gasteiger partial charge in [-0.2, -0.15) is 0 Å². The van der Waals surface area contributed by atoms with Gasteiger partial charge in [0.05, 0.1) is 0 Å². The number of carboxylic acids is 4. The molecule has 0 heterocycles. The Kier molecular flexibility index (Phi) is 81.5. The summed E-state index contributed by atoms with van der Waals surface area (Å²) in [6.07, 6.45) is 0.944. The minimum Gasteiger partial charge on any atom is -0.550 e. The minimum absolute atomic E-state index is 0. The van der Waals surface area contributed by atoms with E-state index in [2.05, 4.69) is 0 Å². The molecule has 0 aromatic carbocycles. The predicted molar refractivity (Wildman–Crippen MR) is 65.4 cm³/mol. The van der Waals surface area contributed by atoms with Gasteiger partial charge in [-0.05, 0) is 47.2 Å². The predicted octanol–water partition coefficient (Wildman–Crippen LogP) is -8.68. The first-order valence-corrected chi connectivity index (χ1v) is 5.45. The molecular formula is C11H22FeKN2O8. The van der Waals surface area contributed by atoms with E-state index in [4.69, 9.17) is 51.1 Å². The molecule has 0 aromatic heterocycles. The topological polar surface area (TPSA) is 213 Å². The fourth-order valence-electron chi connectivity index (χ4n) is 0.118. The summed E-state index contributed by atoms with van der Waals surface area (Å²) < 4.78 is 0. The molecule has 0 atom stereocenters. The van der Waals surface area contributed by atoms with Gasteiger partial charge >= 0.3 is 68.5 Å². The molecule has 0 spiro atoms. The summed E-state index contributed by atoms with van der Waals surface area (Å²) >= 11 is 0. The van der Waals surface area contributed by atoms with Crippen LogP contribution in [0.25, 0.3) is 0 Å². The van der Waals surface area contributed by atoms with Crippen LogP contribution < -0.4 is 83.3 Å². The third-order valence-corrected chi connectivity index (χ3v) is 0.408. The Labute approximate surface area is 188 Å². The normalized spacial score (nSPS) is 6.17. The SMILES string of the molecule is CC(=O)[O-].CC(=O)[O-].CC(=O)[O-].CC(=O)[O-].NCCCN.[Fe+3].[K+]. The molecule has 0 aromatic rings. The van der Waals surface area contributed by atoms with Crippen LogP contribution in [0, 0.1) is 0 Å². The third kappa shape index (κ3) is 2290. The van der Waals surface area contributed by atoms with Gasteiger partial charge < -0.3 is 51.1 Å². The first-order valence-electron chi connectivity index (χ1n) is 5.45. The Bertz CT molecular complexity index is 215. The van der Waals surface area contributed by atoms with Crippen molar-refractivity contribution in [3.63, 3.8) is 0 Å². The van der Waals surface area contributed by atoms with E-state index in [9.17, 15) is 0 Å². The van der Waals surface area contributed by atoms with E-state index in [0.29, 0.717) is 0 Å². The number of carbonyl (C=O) groups is 4. The molecule has 0 saturated heterocycles.